The van der Waals surface area contributed by atoms with Gasteiger partial charge in [-0.1, -0.05) is 0 Å². The third-order valence-corrected chi connectivity index (χ3v) is 2.52. The van der Waals surface area contributed by atoms with Crippen LogP contribution in [-0.4, -0.2) is 24.5 Å². The molecule has 0 saturated heterocycles. The summed E-state index contributed by atoms with van der Waals surface area (Å²) in [6, 6.07) is 0. The normalized spacial score (nSPS) is 10.6. The van der Waals surface area contributed by atoms with E-state index in [0.717, 1.165) is 9.25 Å². The van der Waals surface area contributed by atoms with Crippen LogP contribution >= 0.6 is 0 Å². The van der Waals surface area contributed by atoms with Gasteiger partial charge in [0.15, 0.2) is 0 Å². The lowest BCUT2D eigenvalue weighted by molar-refractivity contribution is 0.604. The first kappa shape index (κ1) is 11.9. The van der Waals surface area contributed by atoms with Crippen LogP contribution in [0.1, 0.15) is 5.56 Å². The number of anilines is 2. The standard InChI is InChI=1S/C9H13N7O2/c1-15-8(17)7(14-16(2)9(15)18)11-3-5-4-12-13-6(5)10/h4H,3H2,1-2H3,(H,11,14)(H3,10,12,13). The number of aromatic nitrogens is 5. The summed E-state index contributed by atoms with van der Waals surface area (Å²) in [6.07, 6.45) is 1.55. The fraction of sp³-hybridized carbons (Fsp3) is 0.333. The minimum absolute atomic E-state index is 0.0835. The Kier molecular flexibility index (Phi) is 2.88. The number of nitrogens with two attached hydrogens (primary N) is 1. The molecule has 0 fully saturated rings. The number of H-pyrrole nitrogens is 1. The van der Waals surface area contributed by atoms with Crippen LogP contribution in [0.15, 0.2) is 15.8 Å². The topological polar surface area (TPSA) is 124 Å². The minimum atomic E-state index is -0.486. The predicted molar refractivity (Wildman–Crippen MR) is 65.0 cm³/mol. The fourth-order valence-corrected chi connectivity index (χ4v) is 1.45. The van der Waals surface area contributed by atoms with Crippen molar-refractivity contribution >= 4 is 11.6 Å². The molecule has 96 valence electrons. The quantitative estimate of drug-likeness (QED) is 0.603. The molecule has 9 heteroatoms. The van der Waals surface area contributed by atoms with Crippen molar-refractivity contribution < 1.29 is 0 Å². The Hall–Kier alpha value is -2.58. The van der Waals surface area contributed by atoms with Crippen molar-refractivity contribution in [2.24, 2.45) is 14.1 Å². The van der Waals surface area contributed by atoms with Crippen LogP contribution in [0.25, 0.3) is 0 Å². The lowest BCUT2D eigenvalue weighted by Gasteiger charge is -2.07. The van der Waals surface area contributed by atoms with Gasteiger partial charge in [0.05, 0.1) is 6.20 Å². The van der Waals surface area contributed by atoms with Gasteiger partial charge in [-0.15, -0.1) is 5.10 Å². The zero-order valence-corrected chi connectivity index (χ0v) is 9.97. The summed E-state index contributed by atoms with van der Waals surface area (Å²) in [6.45, 7) is 0.294. The third kappa shape index (κ3) is 1.97. The van der Waals surface area contributed by atoms with Crippen molar-refractivity contribution in [3.05, 3.63) is 32.6 Å². The molecule has 18 heavy (non-hydrogen) atoms. The Labute approximate surface area is 101 Å². The Bertz CT molecular complexity index is 681. The van der Waals surface area contributed by atoms with Crippen LogP contribution in [0.5, 0.6) is 0 Å². The van der Waals surface area contributed by atoms with Gasteiger partial charge >= 0.3 is 5.69 Å². The van der Waals surface area contributed by atoms with Crippen molar-refractivity contribution in [2.75, 3.05) is 11.1 Å². The zero-order valence-electron chi connectivity index (χ0n) is 9.97. The van der Waals surface area contributed by atoms with Crippen LogP contribution in [0, 0.1) is 0 Å². The molecule has 0 aliphatic rings. The fourth-order valence-electron chi connectivity index (χ4n) is 1.45. The van der Waals surface area contributed by atoms with Gasteiger partial charge in [0.2, 0.25) is 5.82 Å². The molecule has 2 heterocycles. The molecule has 2 aromatic rings. The smallest absolute Gasteiger partial charge is 0.346 e. The molecule has 0 bridgehead atoms. The van der Waals surface area contributed by atoms with E-state index in [0.29, 0.717) is 17.9 Å². The van der Waals surface area contributed by atoms with Gasteiger partial charge in [0.1, 0.15) is 5.82 Å². The minimum Gasteiger partial charge on any atom is -0.384 e. The molecule has 4 N–H and O–H groups in total. The van der Waals surface area contributed by atoms with Crippen molar-refractivity contribution in [2.45, 2.75) is 6.54 Å². The van der Waals surface area contributed by atoms with E-state index >= 15 is 0 Å². The lowest BCUT2D eigenvalue weighted by atomic mass is 10.3. The van der Waals surface area contributed by atoms with E-state index in [1.807, 2.05) is 0 Å². The van der Waals surface area contributed by atoms with Gasteiger partial charge < -0.3 is 11.1 Å². The Morgan fingerprint density at radius 1 is 1.44 bits per heavy atom. The molecule has 0 aliphatic heterocycles. The predicted octanol–water partition coefficient (Wildman–Crippen LogP) is -1.60. The number of hydrogen-bond donors (Lipinski definition) is 3. The molecule has 0 atom stereocenters. The molecule has 2 aromatic heterocycles. The maximum Gasteiger partial charge on any atom is 0.346 e. The van der Waals surface area contributed by atoms with Crippen molar-refractivity contribution in [1.82, 2.24) is 24.5 Å². The number of nitrogens with zero attached hydrogens (tertiary/aromatic N) is 4. The number of hydrogen-bond acceptors (Lipinski definition) is 6. The highest BCUT2D eigenvalue weighted by atomic mass is 16.2. The summed E-state index contributed by atoms with van der Waals surface area (Å²) in [7, 11) is 2.86. The first-order chi connectivity index (χ1) is 8.50. The number of rotatable bonds is 3. The maximum absolute atomic E-state index is 11.8. The van der Waals surface area contributed by atoms with Gasteiger partial charge in [-0.3, -0.25) is 14.5 Å². The molecule has 9 nitrogen and oxygen atoms in total. The van der Waals surface area contributed by atoms with E-state index in [9.17, 15) is 9.59 Å². The van der Waals surface area contributed by atoms with E-state index in [-0.39, 0.29) is 5.82 Å². The van der Waals surface area contributed by atoms with Crippen LogP contribution in [-0.2, 0) is 20.6 Å². The number of aryl methyl sites for hydroxylation is 1. The highest BCUT2D eigenvalue weighted by Crippen LogP contribution is 2.06. The monoisotopic (exact) mass is 251 g/mol. The van der Waals surface area contributed by atoms with Gasteiger partial charge in [-0.05, 0) is 0 Å². The largest absolute Gasteiger partial charge is 0.384 e. The van der Waals surface area contributed by atoms with Gasteiger partial charge in [-0.25, -0.2) is 9.48 Å². The molecule has 0 amide bonds. The van der Waals surface area contributed by atoms with Gasteiger partial charge in [-0.2, -0.15) is 5.10 Å². The molecule has 0 aliphatic carbocycles. The van der Waals surface area contributed by atoms with E-state index < -0.39 is 11.2 Å². The average molecular weight is 251 g/mol. The SMILES string of the molecule is Cn1nc(NCc2cn[nH]c2N)c(=O)n(C)c1=O. The molecule has 0 spiro atoms. The maximum atomic E-state index is 11.8. The summed E-state index contributed by atoms with van der Waals surface area (Å²) >= 11 is 0. The van der Waals surface area contributed by atoms with E-state index in [1.54, 1.807) is 6.20 Å². The van der Waals surface area contributed by atoms with E-state index in [1.165, 1.54) is 14.1 Å². The molecule has 2 rings (SSSR count). The highest BCUT2D eigenvalue weighted by Gasteiger charge is 2.09. The molecular weight excluding hydrogens is 238 g/mol. The van der Waals surface area contributed by atoms with Crippen molar-refractivity contribution in [3.8, 4) is 0 Å². The van der Waals surface area contributed by atoms with Gasteiger partial charge in [0.25, 0.3) is 5.56 Å². The molecule has 0 aromatic carbocycles. The molecule has 0 radical (unpaired) electrons. The number of nitrogens with one attached hydrogen (secondary N) is 2. The van der Waals surface area contributed by atoms with Gasteiger partial charge in [0, 0.05) is 26.2 Å². The zero-order chi connectivity index (χ0) is 13.3. The Morgan fingerprint density at radius 3 is 2.78 bits per heavy atom. The number of aromatic amines is 1. The Morgan fingerprint density at radius 2 is 2.17 bits per heavy atom. The second-order valence-electron chi connectivity index (χ2n) is 3.78. The number of nitrogen functional groups attached to an aromatic ring is 1. The summed E-state index contributed by atoms with van der Waals surface area (Å²) in [4.78, 5) is 23.2. The lowest BCUT2D eigenvalue weighted by Crippen LogP contribution is -2.39. The van der Waals surface area contributed by atoms with Crippen molar-refractivity contribution in [1.29, 1.82) is 0 Å². The van der Waals surface area contributed by atoms with Crippen molar-refractivity contribution in [3.63, 3.8) is 0 Å². The molecule has 0 saturated carbocycles. The summed E-state index contributed by atoms with van der Waals surface area (Å²) in [5.74, 6) is 0.504. The average Bonchev–Trinajstić information content (AvgIpc) is 2.75. The van der Waals surface area contributed by atoms with E-state index in [4.69, 9.17) is 5.73 Å². The first-order valence-electron chi connectivity index (χ1n) is 5.16. The second-order valence-corrected chi connectivity index (χ2v) is 3.78. The second kappa shape index (κ2) is 4.35. The summed E-state index contributed by atoms with van der Waals surface area (Å²) < 4.78 is 2.07. The molecule has 0 unspecified atom stereocenters. The third-order valence-electron chi connectivity index (χ3n) is 2.52. The first-order valence-corrected chi connectivity index (χ1v) is 5.16. The Balaban J connectivity index is 2.28. The van der Waals surface area contributed by atoms with Crippen LogP contribution in [0.4, 0.5) is 11.6 Å². The van der Waals surface area contributed by atoms with Crippen LogP contribution in [0.3, 0.4) is 0 Å². The van der Waals surface area contributed by atoms with Crippen LogP contribution in [0.2, 0.25) is 0 Å². The van der Waals surface area contributed by atoms with Crippen LogP contribution < -0.4 is 22.3 Å². The molecular formula is C9H13N7O2. The van der Waals surface area contributed by atoms with E-state index in [2.05, 4.69) is 20.6 Å². The summed E-state index contributed by atoms with van der Waals surface area (Å²) in [5.41, 5.74) is 5.36. The highest BCUT2D eigenvalue weighted by molar-refractivity contribution is 5.40. The summed E-state index contributed by atoms with van der Waals surface area (Å²) in [5, 5.41) is 13.0.